The van der Waals surface area contributed by atoms with Gasteiger partial charge < -0.3 is 15.2 Å². The van der Waals surface area contributed by atoms with E-state index in [-0.39, 0.29) is 24.0 Å². The molecule has 3 N–H and O–H groups in total. The van der Waals surface area contributed by atoms with E-state index in [0.717, 1.165) is 18.4 Å². The van der Waals surface area contributed by atoms with Gasteiger partial charge in [-0.05, 0) is 48.8 Å². The summed E-state index contributed by atoms with van der Waals surface area (Å²) in [5.41, 5.74) is 0.788. The molecule has 0 aliphatic carbocycles. The standard InChI is InChI=1S/C29H40N4O7S2.C2H6/c1-18(2)22(12-13-24-30-21(17-42-24)28(36)37)33(39)27(35)25(19(3)16-41)31-26(34)23-11-7-8-14-32(23)29(38)40-15-20-9-5-4-6-10-20;1-2/h4-6,9-10,17-19,22-23,25,39,41H,7-8,11-16H2,1-3H3,(H,31,34)(H,36,37);1-2H3/t19-,22?,23+,25-;/m0./s1. The molecular weight excluding hydrogens is 604 g/mol. The van der Waals surface area contributed by atoms with E-state index in [2.05, 4.69) is 22.9 Å². The van der Waals surface area contributed by atoms with Crippen LogP contribution in [-0.2, 0) is 27.4 Å². The van der Waals surface area contributed by atoms with Gasteiger partial charge in [0.25, 0.3) is 5.91 Å². The summed E-state index contributed by atoms with van der Waals surface area (Å²) in [7, 11) is 0. The Morgan fingerprint density at radius 1 is 1.16 bits per heavy atom. The molecule has 1 aromatic heterocycles. The van der Waals surface area contributed by atoms with Crippen LogP contribution in [0.15, 0.2) is 35.7 Å². The molecule has 1 unspecified atom stereocenters. The molecular formula is C31H46N4O7S2. The minimum absolute atomic E-state index is 0.0425. The lowest BCUT2D eigenvalue weighted by molar-refractivity contribution is -0.184. The van der Waals surface area contributed by atoms with Gasteiger partial charge in [0, 0.05) is 18.3 Å². The number of hydrogen-bond acceptors (Lipinski definition) is 9. The van der Waals surface area contributed by atoms with Gasteiger partial charge in [0.15, 0.2) is 5.69 Å². The third-order valence-electron chi connectivity index (χ3n) is 7.40. The van der Waals surface area contributed by atoms with Gasteiger partial charge in [-0.15, -0.1) is 11.3 Å². The molecule has 13 heteroatoms. The van der Waals surface area contributed by atoms with E-state index in [1.807, 2.05) is 58.0 Å². The molecule has 0 radical (unpaired) electrons. The Kier molecular flexibility index (Phi) is 15.7. The van der Waals surface area contributed by atoms with Crippen LogP contribution < -0.4 is 5.32 Å². The van der Waals surface area contributed by atoms with Crippen molar-refractivity contribution >= 4 is 47.8 Å². The van der Waals surface area contributed by atoms with Crippen LogP contribution in [0.1, 0.15) is 81.4 Å². The number of benzene rings is 1. The fourth-order valence-corrected chi connectivity index (χ4v) is 5.87. The number of rotatable bonds is 13. The van der Waals surface area contributed by atoms with Crippen molar-refractivity contribution in [3.8, 4) is 0 Å². The molecule has 11 nitrogen and oxygen atoms in total. The lowest BCUT2D eigenvalue weighted by atomic mass is 9.95. The lowest BCUT2D eigenvalue weighted by Crippen LogP contribution is -2.59. The number of hydrogen-bond donors (Lipinski definition) is 4. The summed E-state index contributed by atoms with van der Waals surface area (Å²) in [6.45, 7) is 9.92. The number of aromatic nitrogens is 1. The third kappa shape index (κ3) is 10.5. The number of carbonyl (C=O) groups is 4. The molecule has 1 aliphatic rings. The number of likely N-dealkylation sites (tertiary alicyclic amines) is 1. The number of thiazole rings is 1. The number of carboxylic acids is 1. The normalized spacial score (nSPS) is 16.6. The van der Waals surface area contributed by atoms with Crippen LogP contribution in [0.2, 0.25) is 0 Å². The second-order valence-corrected chi connectivity index (χ2v) is 12.2. The number of ether oxygens (including phenoxy) is 1. The predicted molar refractivity (Wildman–Crippen MR) is 172 cm³/mol. The zero-order chi connectivity index (χ0) is 32.8. The van der Waals surface area contributed by atoms with Gasteiger partial charge in [0.2, 0.25) is 5.91 Å². The van der Waals surface area contributed by atoms with Crippen LogP contribution in [0, 0.1) is 11.8 Å². The summed E-state index contributed by atoms with van der Waals surface area (Å²) < 4.78 is 5.49. The maximum absolute atomic E-state index is 13.6. The van der Waals surface area contributed by atoms with Gasteiger partial charge in [0.05, 0.1) is 11.0 Å². The third-order valence-corrected chi connectivity index (χ3v) is 8.88. The Bertz CT molecular complexity index is 1210. The maximum Gasteiger partial charge on any atom is 0.410 e. The number of hydroxylamine groups is 2. The van der Waals surface area contributed by atoms with Crippen LogP contribution in [0.3, 0.4) is 0 Å². The van der Waals surface area contributed by atoms with Crippen LogP contribution in [0.4, 0.5) is 4.79 Å². The zero-order valence-corrected chi connectivity index (χ0v) is 27.9. The van der Waals surface area contributed by atoms with Gasteiger partial charge in [-0.3, -0.25) is 19.7 Å². The first-order valence-electron chi connectivity index (χ1n) is 15.1. The molecule has 2 heterocycles. The summed E-state index contributed by atoms with van der Waals surface area (Å²) in [4.78, 5) is 56.8. The number of carbonyl (C=O) groups excluding carboxylic acids is 3. The Hall–Kier alpha value is -3.16. The number of thiol groups is 1. The molecule has 244 valence electrons. The van der Waals surface area contributed by atoms with Crippen LogP contribution in [0.25, 0.3) is 0 Å². The van der Waals surface area contributed by atoms with Gasteiger partial charge in [-0.25, -0.2) is 19.6 Å². The smallest absolute Gasteiger partial charge is 0.410 e. The van der Waals surface area contributed by atoms with E-state index in [1.54, 1.807) is 6.92 Å². The van der Waals surface area contributed by atoms with Crippen molar-refractivity contribution in [2.24, 2.45) is 11.8 Å². The fraction of sp³-hybridized carbons (Fsp3) is 0.581. The molecule has 1 saturated heterocycles. The number of nitrogens with one attached hydrogen (secondary N) is 1. The van der Waals surface area contributed by atoms with Gasteiger partial charge in [-0.2, -0.15) is 12.6 Å². The molecule has 0 saturated carbocycles. The summed E-state index contributed by atoms with van der Waals surface area (Å²) >= 11 is 5.55. The average molecular weight is 651 g/mol. The van der Waals surface area contributed by atoms with E-state index in [1.165, 1.54) is 21.6 Å². The summed E-state index contributed by atoms with van der Waals surface area (Å²) in [6.07, 6.45) is 2.00. The summed E-state index contributed by atoms with van der Waals surface area (Å²) in [6, 6.07) is 6.76. The van der Waals surface area contributed by atoms with Crippen molar-refractivity contribution in [1.29, 1.82) is 0 Å². The molecule has 1 aliphatic heterocycles. The Labute approximate surface area is 269 Å². The lowest BCUT2D eigenvalue weighted by Gasteiger charge is -2.37. The molecule has 0 spiro atoms. The Balaban J connectivity index is 0.00000330. The van der Waals surface area contributed by atoms with E-state index in [0.29, 0.717) is 35.9 Å². The average Bonchev–Trinajstić information content (AvgIpc) is 3.52. The molecule has 1 fully saturated rings. The van der Waals surface area contributed by atoms with Crippen LogP contribution in [-0.4, -0.2) is 79.6 Å². The van der Waals surface area contributed by atoms with Crippen molar-refractivity contribution in [2.75, 3.05) is 12.3 Å². The highest BCUT2D eigenvalue weighted by Crippen LogP contribution is 2.23. The number of nitrogens with zero attached hydrogens (tertiary/aromatic N) is 3. The van der Waals surface area contributed by atoms with Crippen molar-refractivity contribution in [3.05, 3.63) is 52.0 Å². The second-order valence-electron chi connectivity index (χ2n) is 10.9. The molecule has 3 amide bonds. The van der Waals surface area contributed by atoms with Crippen LogP contribution >= 0.6 is 24.0 Å². The molecule has 44 heavy (non-hydrogen) atoms. The first kappa shape index (κ1) is 37.0. The highest BCUT2D eigenvalue weighted by molar-refractivity contribution is 7.80. The molecule has 1 aromatic carbocycles. The van der Waals surface area contributed by atoms with Crippen molar-refractivity contribution in [3.63, 3.8) is 0 Å². The predicted octanol–water partition coefficient (Wildman–Crippen LogP) is 5.28. The number of piperidine rings is 1. The molecule has 4 atom stereocenters. The van der Waals surface area contributed by atoms with Crippen LogP contribution in [0.5, 0.6) is 0 Å². The quantitative estimate of drug-likeness (QED) is 0.130. The first-order chi connectivity index (χ1) is 21.0. The van der Waals surface area contributed by atoms with Crippen molar-refractivity contribution in [2.45, 2.75) is 91.5 Å². The van der Waals surface area contributed by atoms with E-state index >= 15 is 0 Å². The zero-order valence-electron chi connectivity index (χ0n) is 26.1. The van der Waals surface area contributed by atoms with E-state index < -0.39 is 47.9 Å². The molecule has 2 aromatic rings. The molecule has 3 rings (SSSR count). The number of aryl methyl sites for hydroxylation is 1. The van der Waals surface area contributed by atoms with Gasteiger partial charge >= 0.3 is 12.1 Å². The Morgan fingerprint density at radius 3 is 2.43 bits per heavy atom. The number of aromatic carboxylic acids is 1. The van der Waals surface area contributed by atoms with Gasteiger partial charge in [-0.1, -0.05) is 65.0 Å². The van der Waals surface area contributed by atoms with E-state index in [9.17, 15) is 24.4 Å². The highest BCUT2D eigenvalue weighted by Gasteiger charge is 2.39. The van der Waals surface area contributed by atoms with Gasteiger partial charge in [0.1, 0.15) is 18.7 Å². The molecule has 0 bridgehead atoms. The first-order valence-corrected chi connectivity index (χ1v) is 16.6. The summed E-state index contributed by atoms with van der Waals surface area (Å²) in [5, 5.41) is 25.7. The highest BCUT2D eigenvalue weighted by atomic mass is 32.1. The number of carboxylic acid groups (broad SMARTS) is 1. The number of amides is 3. The SMILES string of the molecule is CC.CC(C)C(CCc1nc(C(=O)O)cs1)N(O)C(=O)[C@@H](NC(=O)[C@H]1CCCCN1C(=O)OCc1ccccc1)[C@@H](C)CS. The fourth-order valence-electron chi connectivity index (χ4n) is 4.87. The largest absolute Gasteiger partial charge is 0.476 e. The van der Waals surface area contributed by atoms with Crippen molar-refractivity contribution in [1.82, 2.24) is 20.3 Å². The minimum atomic E-state index is -1.11. The topological polar surface area (TPSA) is 149 Å². The van der Waals surface area contributed by atoms with Crippen molar-refractivity contribution < 1.29 is 34.2 Å². The monoisotopic (exact) mass is 650 g/mol. The maximum atomic E-state index is 13.6. The second kappa shape index (κ2) is 18.6. The Morgan fingerprint density at radius 2 is 1.84 bits per heavy atom. The minimum Gasteiger partial charge on any atom is -0.476 e. The van der Waals surface area contributed by atoms with E-state index in [4.69, 9.17) is 9.84 Å². The summed E-state index contributed by atoms with van der Waals surface area (Å²) in [5.74, 6) is -2.58.